The third-order valence-corrected chi connectivity index (χ3v) is 1.80. The van der Waals surface area contributed by atoms with Crippen molar-refractivity contribution in [3.05, 3.63) is 0 Å². The van der Waals surface area contributed by atoms with Crippen molar-refractivity contribution in [1.29, 1.82) is 0 Å². The van der Waals surface area contributed by atoms with E-state index < -0.39 is 9.58 Å². The minimum absolute atomic E-state index is 0.469. The fourth-order valence-electron chi connectivity index (χ4n) is 0.447. The molecule has 0 aliphatic rings. The Morgan fingerprint density at radius 1 is 1.44 bits per heavy atom. The van der Waals surface area contributed by atoms with E-state index in [-0.39, 0.29) is 0 Å². The van der Waals surface area contributed by atoms with E-state index in [1.165, 1.54) is 0 Å². The highest BCUT2D eigenvalue weighted by molar-refractivity contribution is 8.17. The molecule has 9 heavy (non-hydrogen) atoms. The predicted octanol–water partition coefficient (Wildman–Crippen LogP) is 2.57. The van der Waals surface area contributed by atoms with Crippen molar-refractivity contribution in [1.82, 2.24) is 0 Å². The summed E-state index contributed by atoms with van der Waals surface area (Å²) >= 11 is 11.5. The molecule has 0 amide bonds. The van der Waals surface area contributed by atoms with Crippen LogP contribution < -0.4 is 0 Å². The van der Waals surface area contributed by atoms with Gasteiger partial charge >= 0.3 is 0 Å². The van der Waals surface area contributed by atoms with Crippen molar-refractivity contribution in [2.75, 3.05) is 0 Å². The smallest absolute Gasteiger partial charge is 0.132 e. The maximum Gasteiger partial charge on any atom is 0.132 e. The topological polar surface area (TPSA) is 0 Å². The van der Waals surface area contributed by atoms with Crippen LogP contribution in [0.25, 0.3) is 0 Å². The van der Waals surface area contributed by atoms with E-state index in [1.807, 2.05) is 6.92 Å². The third kappa shape index (κ3) is 4.39. The van der Waals surface area contributed by atoms with Crippen molar-refractivity contribution in [2.24, 2.45) is 0 Å². The molecule has 0 aromatic heterocycles. The van der Waals surface area contributed by atoms with Crippen LogP contribution in [0.2, 0.25) is 0 Å². The standard InChI is InChI=1S/C5H11FS3/c1-2-3-4(6)5(7,8)9/h4,7-9H,2-3H2,1H3. The van der Waals surface area contributed by atoms with Gasteiger partial charge in [0.2, 0.25) is 0 Å². The van der Waals surface area contributed by atoms with Crippen molar-refractivity contribution < 1.29 is 4.39 Å². The van der Waals surface area contributed by atoms with Crippen LogP contribution in [0, 0.1) is 0 Å². The molecule has 0 aliphatic carbocycles. The molecule has 0 bridgehead atoms. The summed E-state index contributed by atoms with van der Waals surface area (Å²) in [7, 11) is 0. The average Bonchev–Trinajstić information content (AvgIpc) is 1.64. The predicted molar refractivity (Wildman–Crippen MR) is 49.5 cm³/mol. The summed E-state index contributed by atoms with van der Waals surface area (Å²) in [5, 5.41) is 0. The van der Waals surface area contributed by atoms with Gasteiger partial charge in [-0.05, 0) is 6.42 Å². The van der Waals surface area contributed by atoms with E-state index in [0.29, 0.717) is 6.42 Å². The summed E-state index contributed by atoms with van der Waals surface area (Å²) < 4.78 is 11.6. The Balaban J connectivity index is 3.59. The Labute approximate surface area is 71.8 Å². The number of halogens is 1. The summed E-state index contributed by atoms with van der Waals surface area (Å²) in [5.41, 5.74) is 0. The first-order valence-electron chi connectivity index (χ1n) is 2.79. The van der Waals surface area contributed by atoms with Gasteiger partial charge in [-0.2, -0.15) is 0 Å². The van der Waals surface area contributed by atoms with Crippen LogP contribution in [-0.2, 0) is 0 Å². The molecule has 0 saturated heterocycles. The summed E-state index contributed by atoms with van der Waals surface area (Å²) in [6.45, 7) is 1.91. The summed E-state index contributed by atoms with van der Waals surface area (Å²) in [6, 6.07) is 0. The fraction of sp³-hybridized carbons (Fsp3) is 1.00. The molecule has 0 heterocycles. The van der Waals surface area contributed by atoms with Crippen LogP contribution in [0.5, 0.6) is 0 Å². The molecule has 0 radical (unpaired) electrons. The van der Waals surface area contributed by atoms with Gasteiger partial charge < -0.3 is 0 Å². The highest BCUT2D eigenvalue weighted by Gasteiger charge is 2.26. The van der Waals surface area contributed by atoms with E-state index in [2.05, 4.69) is 37.9 Å². The first-order valence-corrected chi connectivity index (χ1v) is 4.13. The number of hydrogen-bond acceptors (Lipinski definition) is 3. The first-order chi connectivity index (χ1) is 3.98. The summed E-state index contributed by atoms with van der Waals surface area (Å²) in [5.74, 6) is 0. The Morgan fingerprint density at radius 2 is 1.89 bits per heavy atom. The van der Waals surface area contributed by atoms with Crippen LogP contribution in [0.4, 0.5) is 4.39 Å². The second-order valence-corrected chi connectivity index (χ2v) is 5.12. The molecule has 1 atom stereocenters. The van der Waals surface area contributed by atoms with Gasteiger partial charge in [0.1, 0.15) is 9.58 Å². The normalized spacial score (nSPS) is 15.7. The number of thiol groups is 3. The molecule has 0 aliphatic heterocycles. The van der Waals surface area contributed by atoms with E-state index in [9.17, 15) is 4.39 Å². The Bertz CT molecular complexity index is 78.8. The SMILES string of the molecule is CCCC(F)C(S)(S)S. The summed E-state index contributed by atoms with van der Waals surface area (Å²) in [6.07, 6.45) is 0.221. The molecule has 0 fully saturated rings. The zero-order chi connectivity index (χ0) is 7.49. The molecule has 56 valence electrons. The van der Waals surface area contributed by atoms with Gasteiger partial charge in [-0.25, -0.2) is 4.39 Å². The van der Waals surface area contributed by atoms with E-state index in [1.54, 1.807) is 0 Å². The van der Waals surface area contributed by atoms with Gasteiger partial charge in [0.15, 0.2) is 0 Å². The number of hydrogen-bond donors (Lipinski definition) is 3. The van der Waals surface area contributed by atoms with Gasteiger partial charge in [0.05, 0.1) is 0 Å². The zero-order valence-electron chi connectivity index (χ0n) is 5.21. The molecule has 0 nitrogen and oxygen atoms in total. The molecule has 4 heteroatoms. The lowest BCUT2D eigenvalue weighted by Crippen LogP contribution is -2.20. The van der Waals surface area contributed by atoms with Crippen molar-refractivity contribution in [3.8, 4) is 0 Å². The Kier molecular flexibility index (Phi) is 4.42. The lowest BCUT2D eigenvalue weighted by molar-refractivity contribution is 0.326. The quantitative estimate of drug-likeness (QED) is 0.438. The lowest BCUT2D eigenvalue weighted by Gasteiger charge is -2.19. The monoisotopic (exact) mass is 186 g/mol. The van der Waals surface area contributed by atoms with Crippen LogP contribution in [-0.4, -0.2) is 9.58 Å². The second-order valence-electron chi connectivity index (χ2n) is 1.94. The maximum absolute atomic E-state index is 12.7. The highest BCUT2D eigenvalue weighted by Crippen LogP contribution is 2.32. The van der Waals surface area contributed by atoms with Gasteiger partial charge in [-0.1, -0.05) is 13.3 Å². The van der Waals surface area contributed by atoms with Gasteiger partial charge in [-0.15, -0.1) is 37.9 Å². The van der Waals surface area contributed by atoms with Gasteiger partial charge in [0.25, 0.3) is 0 Å². The lowest BCUT2D eigenvalue weighted by atomic mass is 10.2. The fourth-order valence-corrected chi connectivity index (χ4v) is 0.834. The molecule has 0 spiro atoms. The second kappa shape index (κ2) is 3.98. The molecular formula is C5H11FS3. The van der Waals surface area contributed by atoms with E-state index in [4.69, 9.17) is 0 Å². The minimum Gasteiger partial charge on any atom is -0.244 e. The molecule has 0 N–H and O–H groups in total. The zero-order valence-corrected chi connectivity index (χ0v) is 7.89. The van der Waals surface area contributed by atoms with Crippen molar-refractivity contribution in [3.63, 3.8) is 0 Å². The minimum atomic E-state index is -1.07. The molecule has 1 unspecified atom stereocenters. The maximum atomic E-state index is 12.7. The number of rotatable bonds is 3. The van der Waals surface area contributed by atoms with Crippen LogP contribution in [0.15, 0.2) is 0 Å². The highest BCUT2D eigenvalue weighted by atomic mass is 32.2. The van der Waals surface area contributed by atoms with E-state index in [0.717, 1.165) is 6.42 Å². The Morgan fingerprint density at radius 3 is 2.00 bits per heavy atom. The molecular weight excluding hydrogens is 175 g/mol. The summed E-state index contributed by atoms with van der Waals surface area (Å²) in [4.78, 5) is 0. The Hall–Kier alpha value is 0.980. The third-order valence-electron chi connectivity index (χ3n) is 0.962. The van der Waals surface area contributed by atoms with Crippen LogP contribution in [0.1, 0.15) is 19.8 Å². The molecule has 0 rings (SSSR count). The van der Waals surface area contributed by atoms with Crippen LogP contribution in [0.3, 0.4) is 0 Å². The van der Waals surface area contributed by atoms with Crippen LogP contribution >= 0.6 is 37.9 Å². The average molecular weight is 186 g/mol. The largest absolute Gasteiger partial charge is 0.244 e. The van der Waals surface area contributed by atoms with Crippen molar-refractivity contribution >= 4 is 37.9 Å². The molecule has 0 aromatic carbocycles. The molecule has 0 saturated carbocycles. The number of alkyl halides is 1. The molecule has 0 aromatic rings. The first kappa shape index (κ1) is 9.98. The van der Waals surface area contributed by atoms with Gasteiger partial charge in [-0.3, -0.25) is 0 Å². The van der Waals surface area contributed by atoms with E-state index >= 15 is 0 Å². The van der Waals surface area contributed by atoms with Gasteiger partial charge in [0, 0.05) is 0 Å². The van der Waals surface area contributed by atoms with Crippen molar-refractivity contribution in [2.45, 2.75) is 29.3 Å².